The lowest BCUT2D eigenvalue weighted by atomic mass is 10.0. The number of hydrogen-bond acceptors (Lipinski definition) is 6. The fourth-order valence-electron chi connectivity index (χ4n) is 3.13. The van der Waals surface area contributed by atoms with Gasteiger partial charge in [0.2, 0.25) is 10.0 Å². The van der Waals surface area contributed by atoms with Crippen LogP contribution in [0.25, 0.3) is 10.9 Å². The highest BCUT2D eigenvalue weighted by molar-refractivity contribution is 7.88. The second-order valence-electron chi connectivity index (χ2n) is 6.90. The van der Waals surface area contributed by atoms with Crippen LogP contribution in [0.1, 0.15) is 17.5 Å². The lowest BCUT2D eigenvalue weighted by Crippen LogP contribution is -2.26. The van der Waals surface area contributed by atoms with E-state index >= 15 is 0 Å². The van der Waals surface area contributed by atoms with Crippen LogP contribution in [0.15, 0.2) is 58.9 Å². The molecule has 2 N–H and O–H groups in total. The minimum absolute atomic E-state index is 0.231. The van der Waals surface area contributed by atoms with Gasteiger partial charge >= 0.3 is 0 Å². The van der Waals surface area contributed by atoms with E-state index in [1.807, 2.05) is 36.5 Å². The summed E-state index contributed by atoms with van der Waals surface area (Å²) in [4.78, 5) is 0. The summed E-state index contributed by atoms with van der Waals surface area (Å²) in [5.41, 5.74) is 5.15. The quantitative estimate of drug-likeness (QED) is 0.554. The van der Waals surface area contributed by atoms with Crippen molar-refractivity contribution in [2.45, 2.75) is 12.8 Å². The van der Waals surface area contributed by atoms with E-state index in [0.29, 0.717) is 12.2 Å². The van der Waals surface area contributed by atoms with Crippen LogP contribution in [0.5, 0.6) is 5.75 Å². The van der Waals surface area contributed by atoms with Gasteiger partial charge in [0.15, 0.2) is 0 Å². The molecule has 29 heavy (non-hydrogen) atoms. The zero-order valence-corrected chi connectivity index (χ0v) is 16.7. The van der Waals surface area contributed by atoms with E-state index in [9.17, 15) is 8.42 Å². The van der Waals surface area contributed by atoms with Crippen LogP contribution in [-0.2, 0) is 16.4 Å². The summed E-state index contributed by atoms with van der Waals surface area (Å²) in [7, 11) is -3.20. The summed E-state index contributed by atoms with van der Waals surface area (Å²) in [6.07, 6.45) is 4.40. The van der Waals surface area contributed by atoms with Crippen molar-refractivity contribution in [1.82, 2.24) is 14.9 Å². The zero-order valence-electron chi connectivity index (χ0n) is 15.9. The number of nitrogens with one attached hydrogen (secondary N) is 2. The van der Waals surface area contributed by atoms with Gasteiger partial charge in [-0.15, -0.1) is 0 Å². The predicted molar refractivity (Wildman–Crippen MR) is 113 cm³/mol. The number of hydrogen-bond donors (Lipinski definition) is 2. The Morgan fingerprint density at radius 1 is 1.14 bits per heavy atom. The molecule has 0 saturated heterocycles. The number of sulfonamides is 1. The molecule has 4 rings (SSSR count). The molecular formula is C20H21N5O3S. The van der Waals surface area contributed by atoms with Gasteiger partial charge < -0.3 is 4.74 Å². The molecule has 0 unspecified atom stereocenters. The SMILES string of the molecule is CS(=O)(=O)NCCOc1ccc(C2=NN=C(Cc3ccc4[nH]ncc4c3)C2)cc1. The molecule has 0 spiro atoms. The fourth-order valence-corrected chi connectivity index (χ4v) is 3.58. The summed E-state index contributed by atoms with van der Waals surface area (Å²) in [6, 6.07) is 13.8. The molecule has 0 fully saturated rings. The maximum absolute atomic E-state index is 11.0. The third kappa shape index (κ3) is 5.07. The molecule has 0 aliphatic carbocycles. The first-order valence-corrected chi connectivity index (χ1v) is 11.1. The number of nitrogens with zero attached hydrogens (tertiary/aromatic N) is 3. The van der Waals surface area contributed by atoms with Crippen LogP contribution in [0.4, 0.5) is 0 Å². The van der Waals surface area contributed by atoms with Crippen molar-refractivity contribution in [3.63, 3.8) is 0 Å². The smallest absolute Gasteiger partial charge is 0.208 e. The Morgan fingerprint density at radius 3 is 2.76 bits per heavy atom. The monoisotopic (exact) mass is 411 g/mol. The maximum Gasteiger partial charge on any atom is 0.208 e. The molecule has 8 nitrogen and oxygen atoms in total. The number of ether oxygens (including phenoxy) is 1. The highest BCUT2D eigenvalue weighted by atomic mass is 32.2. The van der Waals surface area contributed by atoms with Crippen LogP contribution in [0, 0.1) is 0 Å². The fraction of sp³-hybridized carbons (Fsp3) is 0.250. The molecule has 3 aromatic rings. The molecule has 0 bridgehead atoms. The summed E-state index contributed by atoms with van der Waals surface area (Å²) < 4.78 is 30.0. The van der Waals surface area contributed by atoms with E-state index in [1.54, 1.807) is 0 Å². The first-order chi connectivity index (χ1) is 14.0. The highest BCUT2D eigenvalue weighted by Gasteiger charge is 2.15. The normalized spacial score (nSPS) is 14.1. The Morgan fingerprint density at radius 2 is 1.97 bits per heavy atom. The molecule has 1 aliphatic rings. The Hall–Kier alpha value is -3.04. The second-order valence-corrected chi connectivity index (χ2v) is 8.73. The average Bonchev–Trinajstić information content (AvgIpc) is 3.34. The van der Waals surface area contributed by atoms with Gasteiger partial charge in [-0.3, -0.25) is 5.10 Å². The van der Waals surface area contributed by atoms with Gasteiger partial charge in [-0.05, 0) is 47.5 Å². The molecule has 9 heteroatoms. The second kappa shape index (κ2) is 8.14. The number of aromatic amines is 1. The zero-order chi connectivity index (χ0) is 20.3. The largest absolute Gasteiger partial charge is 0.492 e. The van der Waals surface area contributed by atoms with Gasteiger partial charge in [0.05, 0.1) is 29.4 Å². The molecule has 2 heterocycles. The van der Waals surface area contributed by atoms with Crippen molar-refractivity contribution < 1.29 is 13.2 Å². The van der Waals surface area contributed by atoms with E-state index in [-0.39, 0.29) is 13.2 Å². The average molecular weight is 411 g/mol. The minimum Gasteiger partial charge on any atom is -0.492 e. The van der Waals surface area contributed by atoms with Crippen molar-refractivity contribution in [3.8, 4) is 5.75 Å². The minimum atomic E-state index is -3.20. The summed E-state index contributed by atoms with van der Waals surface area (Å²) in [5, 5.41) is 16.8. The van der Waals surface area contributed by atoms with Crippen LogP contribution >= 0.6 is 0 Å². The maximum atomic E-state index is 11.0. The van der Waals surface area contributed by atoms with Crippen molar-refractivity contribution in [1.29, 1.82) is 0 Å². The van der Waals surface area contributed by atoms with Crippen molar-refractivity contribution >= 4 is 32.3 Å². The third-order valence-corrected chi connectivity index (χ3v) is 5.25. The molecule has 150 valence electrons. The van der Waals surface area contributed by atoms with Crippen molar-refractivity contribution in [3.05, 3.63) is 59.8 Å². The van der Waals surface area contributed by atoms with Gasteiger partial charge in [0, 0.05) is 24.8 Å². The molecule has 0 saturated carbocycles. The van der Waals surface area contributed by atoms with E-state index < -0.39 is 10.0 Å². The van der Waals surface area contributed by atoms with E-state index in [4.69, 9.17) is 4.74 Å². The Kier molecular flexibility index (Phi) is 5.41. The molecule has 1 aliphatic heterocycles. The molecule has 0 amide bonds. The van der Waals surface area contributed by atoms with E-state index in [2.05, 4.69) is 37.3 Å². The van der Waals surface area contributed by atoms with Crippen LogP contribution in [-0.4, -0.2) is 49.4 Å². The van der Waals surface area contributed by atoms with Gasteiger partial charge in [-0.1, -0.05) is 6.07 Å². The van der Waals surface area contributed by atoms with Crippen LogP contribution in [0.3, 0.4) is 0 Å². The Bertz CT molecular complexity index is 1180. The van der Waals surface area contributed by atoms with Gasteiger partial charge in [-0.25, -0.2) is 13.1 Å². The molecule has 2 aromatic carbocycles. The molecule has 0 atom stereocenters. The van der Waals surface area contributed by atoms with Gasteiger partial charge in [0.1, 0.15) is 12.4 Å². The first kappa shape index (κ1) is 19.3. The van der Waals surface area contributed by atoms with Gasteiger partial charge in [-0.2, -0.15) is 15.3 Å². The Labute approximate surface area is 168 Å². The van der Waals surface area contributed by atoms with Gasteiger partial charge in [0.25, 0.3) is 0 Å². The Balaban J connectivity index is 1.30. The van der Waals surface area contributed by atoms with Crippen molar-refractivity contribution in [2.24, 2.45) is 10.2 Å². The predicted octanol–water partition coefficient (Wildman–Crippen LogP) is 2.28. The summed E-state index contributed by atoms with van der Waals surface area (Å²) in [5.74, 6) is 0.678. The topological polar surface area (TPSA) is 109 Å². The lowest BCUT2D eigenvalue weighted by Gasteiger charge is -2.08. The number of fused-ring (bicyclic) bond motifs is 1. The molecule has 1 aromatic heterocycles. The van der Waals surface area contributed by atoms with Crippen LogP contribution in [0.2, 0.25) is 0 Å². The standard InChI is InChI=1S/C20H21N5O3S/c1-29(26,27)22-8-9-28-18-5-3-15(4-6-18)20-12-17(23-25-20)11-14-2-7-19-16(10-14)13-21-24-19/h2-7,10,13,22H,8-9,11-12H2,1H3,(H,21,24). The lowest BCUT2D eigenvalue weighted by molar-refractivity contribution is 0.323. The van der Waals surface area contributed by atoms with E-state index in [1.165, 1.54) is 5.56 Å². The molecular weight excluding hydrogens is 390 g/mol. The van der Waals surface area contributed by atoms with E-state index in [0.717, 1.165) is 40.6 Å². The molecule has 0 radical (unpaired) electrons. The van der Waals surface area contributed by atoms with Crippen molar-refractivity contribution in [2.75, 3.05) is 19.4 Å². The third-order valence-electron chi connectivity index (χ3n) is 4.52. The number of benzene rings is 2. The summed E-state index contributed by atoms with van der Waals surface area (Å²) >= 11 is 0. The highest BCUT2D eigenvalue weighted by Crippen LogP contribution is 2.19. The number of H-pyrrole nitrogens is 1. The summed E-state index contributed by atoms with van der Waals surface area (Å²) in [6.45, 7) is 0.497. The number of aromatic nitrogens is 2. The van der Waals surface area contributed by atoms with Crippen LogP contribution < -0.4 is 9.46 Å². The first-order valence-electron chi connectivity index (χ1n) is 9.18. The number of rotatable bonds is 8.